The third-order valence-electron chi connectivity index (χ3n) is 3.31. The summed E-state index contributed by atoms with van der Waals surface area (Å²) >= 11 is 1.61. The number of rotatable bonds is 9. The van der Waals surface area contributed by atoms with Crippen molar-refractivity contribution in [3.8, 4) is 5.75 Å². The Balaban J connectivity index is 1.72. The Morgan fingerprint density at radius 2 is 2.05 bits per heavy atom. The molecule has 0 atom stereocenters. The number of Topliss-reactive ketones (excluding diaryl/α,β-unsaturated/α-hetero) is 1. The molecule has 0 radical (unpaired) electrons. The Morgan fingerprint density at radius 3 is 2.68 bits per heavy atom. The van der Waals surface area contributed by atoms with Crippen LogP contribution in [-0.4, -0.2) is 24.4 Å². The summed E-state index contributed by atoms with van der Waals surface area (Å²) in [6.45, 7) is 2.26. The molecule has 2 aromatic rings. The summed E-state index contributed by atoms with van der Waals surface area (Å²) in [6.07, 6.45) is 3.30. The average molecular weight is 318 g/mol. The molecule has 4 nitrogen and oxygen atoms in total. The molecule has 1 aromatic heterocycles. The summed E-state index contributed by atoms with van der Waals surface area (Å²) in [5, 5.41) is 6.01. The van der Waals surface area contributed by atoms with Crippen molar-refractivity contribution in [1.29, 1.82) is 0 Å². The Labute approximate surface area is 135 Å². The predicted octanol–water partition coefficient (Wildman–Crippen LogP) is 3.72. The van der Waals surface area contributed by atoms with E-state index < -0.39 is 0 Å². The largest absolute Gasteiger partial charge is 0.493 e. The zero-order valence-electron chi connectivity index (χ0n) is 13.1. The first-order valence-corrected chi connectivity index (χ1v) is 8.38. The number of carbonyl (C=O) groups excluding carboxylic acids is 1. The number of anilines is 1. The van der Waals surface area contributed by atoms with Crippen molar-refractivity contribution in [2.45, 2.75) is 32.6 Å². The molecule has 1 aromatic carbocycles. The maximum atomic E-state index is 10.9. The number of nitrogens with zero attached hydrogens (tertiary/aromatic N) is 1. The van der Waals surface area contributed by atoms with E-state index in [1.165, 1.54) is 5.56 Å². The minimum absolute atomic E-state index is 0.253. The van der Waals surface area contributed by atoms with Crippen LogP contribution in [0, 0.1) is 0 Å². The second kappa shape index (κ2) is 8.54. The van der Waals surface area contributed by atoms with Crippen LogP contribution in [0.25, 0.3) is 0 Å². The SMILES string of the molecule is CNc1nc(CCOc2ccc(CCCC(C)=O)cc2)cs1. The molecular formula is C17H22N2O2S. The number of aryl methyl sites for hydroxylation is 1. The van der Waals surface area contributed by atoms with Crippen LogP contribution >= 0.6 is 11.3 Å². The van der Waals surface area contributed by atoms with Gasteiger partial charge in [0.05, 0.1) is 12.3 Å². The molecule has 0 saturated heterocycles. The lowest BCUT2D eigenvalue weighted by molar-refractivity contribution is -0.117. The van der Waals surface area contributed by atoms with Crippen LogP contribution in [0.5, 0.6) is 5.75 Å². The molecule has 0 spiro atoms. The van der Waals surface area contributed by atoms with Crippen molar-refractivity contribution < 1.29 is 9.53 Å². The first-order chi connectivity index (χ1) is 10.7. The number of thiazole rings is 1. The molecule has 0 aliphatic rings. The van der Waals surface area contributed by atoms with E-state index in [1.807, 2.05) is 24.6 Å². The Morgan fingerprint density at radius 1 is 1.27 bits per heavy atom. The van der Waals surface area contributed by atoms with E-state index in [0.717, 1.165) is 35.8 Å². The first-order valence-electron chi connectivity index (χ1n) is 7.50. The van der Waals surface area contributed by atoms with Gasteiger partial charge in [0.25, 0.3) is 0 Å². The summed E-state index contributed by atoms with van der Waals surface area (Å²) in [6, 6.07) is 8.11. The van der Waals surface area contributed by atoms with Crippen molar-refractivity contribution in [3.63, 3.8) is 0 Å². The standard InChI is InChI=1S/C17H22N2O2S/c1-13(20)4-3-5-14-6-8-16(9-7-14)21-11-10-15-12-22-17(18-2)19-15/h6-9,12H,3-5,10-11H2,1-2H3,(H,18,19). The summed E-state index contributed by atoms with van der Waals surface area (Å²) in [5.41, 5.74) is 2.29. The highest BCUT2D eigenvalue weighted by Crippen LogP contribution is 2.17. The first kappa shape index (κ1) is 16.5. The number of ether oxygens (including phenoxy) is 1. The van der Waals surface area contributed by atoms with Gasteiger partial charge in [-0.1, -0.05) is 12.1 Å². The van der Waals surface area contributed by atoms with Gasteiger partial charge in [-0.25, -0.2) is 4.98 Å². The van der Waals surface area contributed by atoms with Crippen molar-refractivity contribution in [3.05, 3.63) is 40.9 Å². The maximum absolute atomic E-state index is 10.9. The van der Waals surface area contributed by atoms with Gasteiger partial charge in [0, 0.05) is 25.3 Å². The highest BCUT2D eigenvalue weighted by molar-refractivity contribution is 7.13. The smallest absolute Gasteiger partial charge is 0.182 e. The molecule has 0 bridgehead atoms. The Hall–Kier alpha value is -1.88. The number of carbonyl (C=O) groups is 1. The highest BCUT2D eigenvalue weighted by Gasteiger charge is 2.02. The van der Waals surface area contributed by atoms with E-state index in [9.17, 15) is 4.79 Å². The van der Waals surface area contributed by atoms with Crippen LogP contribution in [0.3, 0.4) is 0 Å². The molecule has 0 amide bonds. The van der Waals surface area contributed by atoms with Gasteiger partial charge in [-0.05, 0) is 37.5 Å². The third-order valence-corrected chi connectivity index (χ3v) is 4.22. The van der Waals surface area contributed by atoms with Crippen LogP contribution in [0.4, 0.5) is 5.13 Å². The van der Waals surface area contributed by atoms with Crippen LogP contribution in [0.15, 0.2) is 29.6 Å². The van der Waals surface area contributed by atoms with E-state index in [0.29, 0.717) is 13.0 Å². The van der Waals surface area contributed by atoms with E-state index in [4.69, 9.17) is 4.74 Å². The molecule has 0 saturated carbocycles. The van der Waals surface area contributed by atoms with Crippen LogP contribution in [0.2, 0.25) is 0 Å². The van der Waals surface area contributed by atoms with Crippen molar-refractivity contribution in [1.82, 2.24) is 4.98 Å². The fourth-order valence-corrected chi connectivity index (χ4v) is 2.81. The highest BCUT2D eigenvalue weighted by atomic mass is 32.1. The number of nitrogens with one attached hydrogen (secondary N) is 1. The monoisotopic (exact) mass is 318 g/mol. The molecule has 0 aliphatic heterocycles. The quantitative estimate of drug-likeness (QED) is 0.765. The fourth-order valence-electron chi connectivity index (χ4n) is 2.10. The molecule has 0 fully saturated rings. The average Bonchev–Trinajstić information content (AvgIpc) is 2.96. The fraction of sp³-hybridized carbons (Fsp3) is 0.412. The second-order valence-electron chi connectivity index (χ2n) is 5.19. The van der Waals surface area contributed by atoms with E-state index in [2.05, 4.69) is 22.4 Å². The van der Waals surface area contributed by atoms with E-state index in [1.54, 1.807) is 18.3 Å². The van der Waals surface area contributed by atoms with Gasteiger partial charge in [0.15, 0.2) is 5.13 Å². The topological polar surface area (TPSA) is 51.2 Å². The lowest BCUT2D eigenvalue weighted by Crippen LogP contribution is -2.02. The minimum atomic E-state index is 0.253. The van der Waals surface area contributed by atoms with Crippen molar-refractivity contribution in [2.24, 2.45) is 0 Å². The number of hydrogen-bond donors (Lipinski definition) is 1. The summed E-state index contributed by atoms with van der Waals surface area (Å²) < 4.78 is 5.74. The van der Waals surface area contributed by atoms with Crippen LogP contribution in [0.1, 0.15) is 31.0 Å². The molecule has 1 N–H and O–H groups in total. The normalized spacial score (nSPS) is 10.5. The summed E-state index contributed by atoms with van der Waals surface area (Å²) in [4.78, 5) is 15.3. The Bertz CT molecular complexity index is 593. The zero-order valence-corrected chi connectivity index (χ0v) is 13.9. The molecule has 22 heavy (non-hydrogen) atoms. The van der Waals surface area contributed by atoms with Crippen molar-refractivity contribution >= 4 is 22.3 Å². The molecule has 2 rings (SSSR count). The van der Waals surface area contributed by atoms with Gasteiger partial charge < -0.3 is 14.8 Å². The molecular weight excluding hydrogens is 296 g/mol. The molecule has 0 unspecified atom stereocenters. The third kappa shape index (κ3) is 5.48. The predicted molar refractivity (Wildman–Crippen MR) is 90.9 cm³/mol. The van der Waals surface area contributed by atoms with E-state index in [-0.39, 0.29) is 5.78 Å². The van der Waals surface area contributed by atoms with Gasteiger partial charge in [0.1, 0.15) is 11.5 Å². The summed E-state index contributed by atoms with van der Waals surface area (Å²) in [5.74, 6) is 1.13. The lowest BCUT2D eigenvalue weighted by Gasteiger charge is -2.06. The number of benzene rings is 1. The molecule has 5 heteroatoms. The van der Waals surface area contributed by atoms with Crippen LogP contribution < -0.4 is 10.1 Å². The number of ketones is 1. The lowest BCUT2D eigenvalue weighted by atomic mass is 10.1. The summed E-state index contributed by atoms with van der Waals surface area (Å²) in [7, 11) is 1.87. The molecule has 0 aliphatic carbocycles. The zero-order chi connectivity index (χ0) is 15.8. The number of aromatic nitrogens is 1. The Kier molecular flexibility index (Phi) is 6.40. The molecule has 1 heterocycles. The van der Waals surface area contributed by atoms with Gasteiger partial charge in [-0.15, -0.1) is 11.3 Å². The van der Waals surface area contributed by atoms with Crippen LogP contribution in [-0.2, 0) is 17.6 Å². The maximum Gasteiger partial charge on any atom is 0.182 e. The van der Waals surface area contributed by atoms with Gasteiger partial charge in [-0.2, -0.15) is 0 Å². The van der Waals surface area contributed by atoms with Gasteiger partial charge >= 0.3 is 0 Å². The minimum Gasteiger partial charge on any atom is -0.493 e. The van der Waals surface area contributed by atoms with Gasteiger partial charge in [-0.3, -0.25) is 0 Å². The van der Waals surface area contributed by atoms with E-state index >= 15 is 0 Å². The van der Waals surface area contributed by atoms with Gasteiger partial charge in [0.2, 0.25) is 0 Å². The second-order valence-corrected chi connectivity index (χ2v) is 6.05. The number of hydrogen-bond acceptors (Lipinski definition) is 5. The molecule has 118 valence electrons. The van der Waals surface area contributed by atoms with Crippen molar-refractivity contribution in [2.75, 3.05) is 19.0 Å².